The van der Waals surface area contributed by atoms with Crippen LogP contribution in [0.4, 0.5) is 0 Å². The second-order valence-electron chi connectivity index (χ2n) is 4.32. The number of aromatic nitrogens is 3. The van der Waals surface area contributed by atoms with E-state index in [-0.39, 0.29) is 0 Å². The number of H-pyrrole nitrogens is 1. The Labute approximate surface area is 120 Å². The molecule has 0 fully saturated rings. The van der Waals surface area contributed by atoms with E-state index in [4.69, 9.17) is 9.47 Å². The van der Waals surface area contributed by atoms with Crippen LogP contribution in [-0.4, -0.2) is 29.2 Å². The van der Waals surface area contributed by atoms with Crippen LogP contribution >= 0.6 is 15.9 Å². The highest BCUT2D eigenvalue weighted by molar-refractivity contribution is 9.10. The molecule has 2 aromatic heterocycles. The number of aromatic amines is 1. The number of nitrogens with one attached hydrogen (secondary N) is 1. The van der Waals surface area contributed by atoms with Gasteiger partial charge in [-0.2, -0.15) is 0 Å². The Balaban J connectivity index is 2.37. The predicted molar refractivity (Wildman–Crippen MR) is 77.0 cm³/mol. The zero-order valence-corrected chi connectivity index (χ0v) is 13.0. The number of methoxy groups -OCH3 is 2. The summed E-state index contributed by atoms with van der Waals surface area (Å²) in [6.45, 7) is 2.16. The minimum atomic E-state index is -0.491. The fourth-order valence-corrected chi connectivity index (χ4v) is 2.43. The summed E-state index contributed by atoms with van der Waals surface area (Å²) in [6.07, 6.45) is 2.72. The molecule has 2 heterocycles. The van der Waals surface area contributed by atoms with Crippen molar-refractivity contribution in [2.24, 2.45) is 0 Å². The summed E-state index contributed by atoms with van der Waals surface area (Å²) >= 11 is 3.49. The Morgan fingerprint density at radius 2 is 2.05 bits per heavy atom. The first-order chi connectivity index (χ1) is 9.19. The molecule has 0 atom stereocenters. The Kier molecular flexibility index (Phi) is 4.90. The highest BCUT2D eigenvalue weighted by Gasteiger charge is 2.17. The van der Waals surface area contributed by atoms with E-state index in [1.807, 2.05) is 6.07 Å². The molecular formula is C13H18BrN3O2. The molecule has 0 unspecified atom stereocenters. The van der Waals surface area contributed by atoms with Gasteiger partial charge in [0.05, 0.1) is 5.52 Å². The lowest BCUT2D eigenvalue weighted by Crippen LogP contribution is -2.07. The number of aryl methyl sites for hydroxylation is 1. The van der Waals surface area contributed by atoms with E-state index in [0.717, 1.165) is 35.1 Å². The van der Waals surface area contributed by atoms with Crippen LogP contribution in [-0.2, 0) is 15.9 Å². The number of imidazole rings is 1. The first kappa shape index (κ1) is 14.4. The largest absolute Gasteiger partial charge is 0.350 e. The minimum absolute atomic E-state index is 0.491. The first-order valence-corrected chi connectivity index (χ1v) is 7.09. The smallest absolute Gasteiger partial charge is 0.201 e. The van der Waals surface area contributed by atoms with Crippen LogP contribution < -0.4 is 0 Å². The number of halogens is 1. The summed E-state index contributed by atoms with van der Waals surface area (Å²) in [5, 5.41) is 0. The summed E-state index contributed by atoms with van der Waals surface area (Å²) in [4.78, 5) is 12.3. The molecule has 0 radical (unpaired) electrons. The van der Waals surface area contributed by atoms with Crippen LogP contribution in [0.15, 0.2) is 10.5 Å². The molecule has 5 nitrogen and oxygen atoms in total. The normalized spacial score (nSPS) is 11.6. The first-order valence-electron chi connectivity index (χ1n) is 6.30. The molecule has 0 saturated carbocycles. The lowest BCUT2D eigenvalue weighted by molar-refractivity contribution is -0.108. The second-order valence-corrected chi connectivity index (χ2v) is 5.17. The second kappa shape index (κ2) is 6.45. The fraction of sp³-hybridized carbons (Fsp3) is 0.538. The topological polar surface area (TPSA) is 60.0 Å². The van der Waals surface area contributed by atoms with Crippen LogP contribution in [0.25, 0.3) is 11.2 Å². The zero-order chi connectivity index (χ0) is 13.8. The van der Waals surface area contributed by atoms with Gasteiger partial charge in [0, 0.05) is 25.1 Å². The van der Waals surface area contributed by atoms with Crippen molar-refractivity contribution in [3.63, 3.8) is 0 Å². The average Bonchev–Trinajstić information content (AvgIpc) is 2.79. The van der Waals surface area contributed by atoms with E-state index in [0.29, 0.717) is 11.3 Å². The Hall–Kier alpha value is -0.980. The molecule has 6 heteroatoms. The van der Waals surface area contributed by atoms with Crippen molar-refractivity contribution in [3.05, 3.63) is 22.1 Å². The summed E-state index contributed by atoms with van der Waals surface area (Å²) in [7, 11) is 3.17. The summed E-state index contributed by atoms with van der Waals surface area (Å²) in [5.41, 5.74) is 2.32. The van der Waals surface area contributed by atoms with Gasteiger partial charge in [-0.3, -0.25) is 0 Å². The molecule has 104 valence electrons. The van der Waals surface area contributed by atoms with Gasteiger partial charge in [-0.25, -0.2) is 9.97 Å². The number of fused-ring (bicyclic) bond motifs is 1. The van der Waals surface area contributed by atoms with E-state index in [1.165, 1.54) is 0 Å². The molecule has 2 aromatic rings. The van der Waals surface area contributed by atoms with E-state index in [9.17, 15) is 0 Å². The maximum Gasteiger partial charge on any atom is 0.201 e. The van der Waals surface area contributed by atoms with Gasteiger partial charge < -0.3 is 14.5 Å². The lowest BCUT2D eigenvalue weighted by atomic mass is 10.2. The number of rotatable bonds is 6. The Bertz CT molecular complexity index is 552. The number of nitrogens with zero attached hydrogens (tertiary/aromatic N) is 2. The van der Waals surface area contributed by atoms with Crippen molar-refractivity contribution >= 4 is 27.1 Å². The van der Waals surface area contributed by atoms with Crippen LogP contribution in [0.1, 0.15) is 37.6 Å². The van der Waals surface area contributed by atoms with Crippen molar-refractivity contribution in [3.8, 4) is 0 Å². The van der Waals surface area contributed by atoms with Gasteiger partial charge in [0.25, 0.3) is 0 Å². The quantitative estimate of drug-likeness (QED) is 0.826. The summed E-state index contributed by atoms with van der Waals surface area (Å²) in [5.74, 6) is 0.972. The van der Waals surface area contributed by atoms with E-state index < -0.39 is 6.29 Å². The van der Waals surface area contributed by atoms with Gasteiger partial charge in [-0.1, -0.05) is 13.3 Å². The molecule has 0 bridgehead atoms. The third kappa shape index (κ3) is 3.13. The average molecular weight is 328 g/mol. The van der Waals surface area contributed by atoms with Crippen LogP contribution in [0.2, 0.25) is 0 Å². The molecular weight excluding hydrogens is 310 g/mol. The van der Waals surface area contributed by atoms with Crippen LogP contribution in [0, 0.1) is 0 Å². The highest BCUT2D eigenvalue weighted by atomic mass is 79.9. The third-order valence-corrected chi connectivity index (χ3v) is 3.56. The van der Waals surface area contributed by atoms with Crippen molar-refractivity contribution in [1.82, 2.24) is 15.0 Å². The standard InChI is InChI=1S/C13H18BrN3O2/c1-4-5-6-10-15-9-7-8(14)11(13(18-2)19-3)17-12(9)16-10/h7,13H,4-6H2,1-3H3,(H,15,16,17). The van der Waals surface area contributed by atoms with Gasteiger partial charge in [0.15, 0.2) is 5.65 Å². The number of pyridine rings is 1. The van der Waals surface area contributed by atoms with Gasteiger partial charge in [0.2, 0.25) is 6.29 Å². The summed E-state index contributed by atoms with van der Waals surface area (Å²) < 4.78 is 11.3. The van der Waals surface area contributed by atoms with Crippen molar-refractivity contribution < 1.29 is 9.47 Å². The third-order valence-electron chi connectivity index (χ3n) is 2.92. The van der Waals surface area contributed by atoms with Gasteiger partial charge in [-0.05, 0) is 28.4 Å². The zero-order valence-electron chi connectivity index (χ0n) is 11.4. The molecule has 0 aliphatic carbocycles. The predicted octanol–water partition coefficient (Wildman–Crippen LogP) is 3.35. The molecule has 0 saturated heterocycles. The number of hydrogen-bond donors (Lipinski definition) is 1. The molecule has 19 heavy (non-hydrogen) atoms. The van der Waals surface area contributed by atoms with Crippen LogP contribution in [0.3, 0.4) is 0 Å². The number of unbranched alkanes of at least 4 members (excludes halogenated alkanes) is 1. The van der Waals surface area contributed by atoms with Gasteiger partial charge in [-0.15, -0.1) is 0 Å². The van der Waals surface area contributed by atoms with Gasteiger partial charge >= 0.3 is 0 Å². The summed E-state index contributed by atoms with van der Waals surface area (Å²) in [6, 6.07) is 1.96. The molecule has 0 aliphatic heterocycles. The number of ether oxygens (including phenoxy) is 2. The Morgan fingerprint density at radius 3 is 2.68 bits per heavy atom. The lowest BCUT2D eigenvalue weighted by Gasteiger charge is -2.13. The van der Waals surface area contributed by atoms with E-state index in [1.54, 1.807) is 14.2 Å². The van der Waals surface area contributed by atoms with Crippen LogP contribution in [0.5, 0.6) is 0 Å². The molecule has 0 spiro atoms. The van der Waals surface area contributed by atoms with Crippen molar-refractivity contribution in [2.75, 3.05) is 14.2 Å². The number of hydrogen-bond acceptors (Lipinski definition) is 4. The highest BCUT2D eigenvalue weighted by Crippen LogP contribution is 2.27. The van der Waals surface area contributed by atoms with Gasteiger partial charge in [0.1, 0.15) is 11.5 Å². The van der Waals surface area contributed by atoms with Crippen molar-refractivity contribution in [2.45, 2.75) is 32.5 Å². The van der Waals surface area contributed by atoms with E-state index in [2.05, 4.69) is 37.8 Å². The fourth-order valence-electron chi connectivity index (χ4n) is 1.93. The monoisotopic (exact) mass is 327 g/mol. The van der Waals surface area contributed by atoms with E-state index >= 15 is 0 Å². The SMILES string of the molecule is CCCCc1nc2nc(C(OC)OC)c(Br)cc2[nH]1. The molecule has 0 aliphatic rings. The molecule has 0 aromatic carbocycles. The van der Waals surface area contributed by atoms with Crippen molar-refractivity contribution in [1.29, 1.82) is 0 Å². The Morgan fingerprint density at radius 1 is 1.32 bits per heavy atom. The molecule has 2 rings (SSSR count). The minimum Gasteiger partial charge on any atom is -0.350 e. The maximum absolute atomic E-state index is 5.23. The maximum atomic E-state index is 5.23. The molecule has 1 N–H and O–H groups in total. The molecule has 0 amide bonds.